The summed E-state index contributed by atoms with van der Waals surface area (Å²) in [6, 6.07) is 32.7. The van der Waals surface area contributed by atoms with Crippen LogP contribution in [0.1, 0.15) is 0 Å². The van der Waals surface area contributed by atoms with Crippen molar-refractivity contribution in [1.29, 1.82) is 0 Å². The number of rotatable bonds is 5. The van der Waals surface area contributed by atoms with Crippen LogP contribution in [-0.2, 0) is 0 Å². The van der Waals surface area contributed by atoms with Gasteiger partial charge in [0.15, 0.2) is 0 Å². The molecular formula is C21H23P2+. The maximum atomic E-state index is 4.05. The quantitative estimate of drug-likeness (QED) is 0.483. The van der Waals surface area contributed by atoms with Crippen LogP contribution in [0, 0.1) is 0 Å². The van der Waals surface area contributed by atoms with E-state index < -0.39 is 7.26 Å². The normalized spacial score (nSPS) is 10.6. The van der Waals surface area contributed by atoms with E-state index >= 15 is 0 Å². The molecule has 0 fully saturated rings. The molecule has 3 rings (SSSR count). The monoisotopic (exact) mass is 337 g/mol. The van der Waals surface area contributed by atoms with E-state index in [0.29, 0.717) is 0 Å². The Morgan fingerprint density at radius 2 is 0.913 bits per heavy atom. The molecule has 0 aliphatic carbocycles. The molecule has 3 aromatic carbocycles. The van der Waals surface area contributed by atoms with Gasteiger partial charge in [0.1, 0.15) is 23.2 Å². The van der Waals surface area contributed by atoms with E-state index in [-0.39, 0.29) is 9.90 Å². The SMILES string of the molecule is C=CC[P+](c1ccccc1)(c1ccccc1)c1ccccc1.P. The van der Waals surface area contributed by atoms with Crippen LogP contribution >= 0.6 is 17.2 Å². The predicted octanol–water partition coefficient (Wildman–Crippen LogP) is 4.22. The van der Waals surface area contributed by atoms with E-state index in [1.165, 1.54) is 15.9 Å². The largest absolute Gasteiger partial charge is 0.153 e. The third-order valence-electron chi connectivity index (χ3n) is 3.99. The Morgan fingerprint density at radius 3 is 1.17 bits per heavy atom. The Kier molecular flexibility index (Phi) is 6.28. The maximum absolute atomic E-state index is 4.05. The second-order valence-corrected chi connectivity index (χ2v) is 8.82. The van der Waals surface area contributed by atoms with E-state index in [9.17, 15) is 0 Å². The lowest BCUT2D eigenvalue weighted by atomic mass is 10.4. The van der Waals surface area contributed by atoms with Crippen LogP contribution in [0.25, 0.3) is 0 Å². The summed E-state index contributed by atoms with van der Waals surface area (Å²) < 4.78 is 0. The van der Waals surface area contributed by atoms with E-state index in [0.717, 1.165) is 6.16 Å². The van der Waals surface area contributed by atoms with Gasteiger partial charge in [0.25, 0.3) is 0 Å². The van der Waals surface area contributed by atoms with Gasteiger partial charge in [-0.15, -0.1) is 0 Å². The summed E-state index contributed by atoms with van der Waals surface area (Å²) in [5.74, 6) is 0. The van der Waals surface area contributed by atoms with Crippen LogP contribution in [-0.4, -0.2) is 6.16 Å². The fourth-order valence-corrected chi connectivity index (χ4v) is 6.96. The summed E-state index contributed by atoms with van der Waals surface area (Å²) in [5, 5.41) is 4.23. The number of hydrogen-bond acceptors (Lipinski definition) is 0. The lowest BCUT2D eigenvalue weighted by Crippen LogP contribution is -2.32. The molecule has 1 unspecified atom stereocenters. The van der Waals surface area contributed by atoms with Gasteiger partial charge in [-0.3, -0.25) is 0 Å². The highest BCUT2D eigenvalue weighted by molar-refractivity contribution is 7.95. The highest BCUT2D eigenvalue weighted by atomic mass is 31.2. The van der Waals surface area contributed by atoms with Crippen molar-refractivity contribution < 1.29 is 0 Å². The summed E-state index contributed by atoms with van der Waals surface area (Å²) >= 11 is 0. The fraction of sp³-hybridized carbons (Fsp3) is 0.0476. The van der Waals surface area contributed by atoms with Crippen molar-refractivity contribution in [3.05, 3.63) is 104 Å². The zero-order chi connectivity index (χ0) is 15.3. The first-order valence-corrected chi connectivity index (χ1v) is 9.51. The standard InChI is InChI=1S/C21H20P.H3P/c1-2-18-22(19-12-6-3-7-13-19,20-14-8-4-9-15-20)21-16-10-5-11-17-21;/h2-17H,1,18H2;1H3/q+1;. The van der Waals surface area contributed by atoms with Gasteiger partial charge in [-0.05, 0) is 36.4 Å². The van der Waals surface area contributed by atoms with Gasteiger partial charge in [0, 0.05) is 0 Å². The molecule has 0 heterocycles. The van der Waals surface area contributed by atoms with Crippen LogP contribution in [0.4, 0.5) is 0 Å². The molecule has 2 heteroatoms. The number of benzene rings is 3. The third kappa shape index (κ3) is 3.45. The van der Waals surface area contributed by atoms with Crippen LogP contribution in [0.2, 0.25) is 0 Å². The molecule has 23 heavy (non-hydrogen) atoms. The Morgan fingerprint density at radius 1 is 0.609 bits per heavy atom. The van der Waals surface area contributed by atoms with Crippen molar-refractivity contribution in [3.63, 3.8) is 0 Å². The van der Waals surface area contributed by atoms with Gasteiger partial charge in [0.2, 0.25) is 0 Å². The van der Waals surface area contributed by atoms with Crippen LogP contribution < -0.4 is 15.9 Å². The smallest absolute Gasteiger partial charge is 0.115 e. The molecule has 0 saturated heterocycles. The van der Waals surface area contributed by atoms with Gasteiger partial charge >= 0.3 is 0 Å². The molecule has 0 bridgehead atoms. The minimum Gasteiger partial charge on any atom is -0.153 e. The first-order chi connectivity index (χ1) is 10.9. The molecule has 0 spiro atoms. The van der Waals surface area contributed by atoms with E-state index in [1.54, 1.807) is 0 Å². The third-order valence-corrected chi connectivity index (χ3v) is 8.34. The minimum atomic E-state index is -1.67. The Hall–Kier alpha value is -1.74. The molecule has 0 radical (unpaired) electrons. The van der Waals surface area contributed by atoms with Crippen molar-refractivity contribution in [2.45, 2.75) is 0 Å². The Bertz CT molecular complexity index is 625. The van der Waals surface area contributed by atoms with Gasteiger partial charge in [-0.1, -0.05) is 67.3 Å². The molecule has 116 valence electrons. The molecule has 0 aliphatic rings. The van der Waals surface area contributed by atoms with Crippen molar-refractivity contribution in [2.24, 2.45) is 0 Å². The van der Waals surface area contributed by atoms with Crippen LogP contribution in [0.15, 0.2) is 104 Å². The molecule has 0 saturated carbocycles. The van der Waals surface area contributed by atoms with Crippen LogP contribution in [0.5, 0.6) is 0 Å². The Labute approximate surface area is 143 Å². The average molecular weight is 337 g/mol. The highest BCUT2D eigenvalue weighted by Crippen LogP contribution is 2.55. The van der Waals surface area contributed by atoms with E-state index in [2.05, 4.69) is 104 Å². The second kappa shape index (κ2) is 8.21. The minimum absolute atomic E-state index is 0. The summed E-state index contributed by atoms with van der Waals surface area (Å²) in [4.78, 5) is 0. The van der Waals surface area contributed by atoms with Crippen molar-refractivity contribution >= 4 is 33.1 Å². The topological polar surface area (TPSA) is 0 Å². The van der Waals surface area contributed by atoms with Crippen LogP contribution in [0.3, 0.4) is 0 Å². The molecule has 0 amide bonds. The zero-order valence-corrected chi connectivity index (χ0v) is 15.6. The molecule has 0 N–H and O–H groups in total. The number of hydrogen-bond donors (Lipinski definition) is 0. The molecule has 3 aromatic rings. The first-order valence-electron chi connectivity index (χ1n) is 7.54. The molecule has 0 aromatic heterocycles. The molecule has 1 atom stereocenters. The summed E-state index contributed by atoms with van der Waals surface area (Å²) in [6.45, 7) is 4.05. The van der Waals surface area contributed by atoms with Gasteiger partial charge in [0.05, 0.1) is 6.16 Å². The first kappa shape index (κ1) is 17.6. The van der Waals surface area contributed by atoms with Crippen molar-refractivity contribution in [1.82, 2.24) is 0 Å². The summed E-state index contributed by atoms with van der Waals surface area (Å²) in [7, 11) is -1.67. The van der Waals surface area contributed by atoms with Gasteiger partial charge < -0.3 is 0 Å². The summed E-state index contributed by atoms with van der Waals surface area (Å²) in [5.41, 5.74) is 0. The fourth-order valence-electron chi connectivity index (χ4n) is 3.00. The Balaban J connectivity index is 0.00000192. The predicted molar refractivity (Wildman–Crippen MR) is 111 cm³/mol. The second-order valence-electron chi connectivity index (χ2n) is 5.29. The van der Waals surface area contributed by atoms with Gasteiger partial charge in [-0.25, -0.2) is 0 Å². The van der Waals surface area contributed by atoms with E-state index in [4.69, 9.17) is 0 Å². The summed E-state index contributed by atoms with van der Waals surface area (Å²) in [6.07, 6.45) is 3.05. The van der Waals surface area contributed by atoms with E-state index in [1.807, 2.05) is 0 Å². The maximum Gasteiger partial charge on any atom is 0.115 e. The van der Waals surface area contributed by atoms with Gasteiger partial charge in [-0.2, -0.15) is 9.90 Å². The lowest BCUT2D eigenvalue weighted by molar-refractivity contribution is 1.66. The molecule has 0 nitrogen and oxygen atoms in total. The number of allylic oxidation sites excluding steroid dienone is 1. The molecular weight excluding hydrogens is 314 g/mol. The zero-order valence-electron chi connectivity index (χ0n) is 13.3. The van der Waals surface area contributed by atoms with Crippen molar-refractivity contribution in [3.8, 4) is 0 Å². The average Bonchev–Trinajstić information content (AvgIpc) is 2.62. The molecule has 0 aliphatic heterocycles. The van der Waals surface area contributed by atoms with Crippen molar-refractivity contribution in [2.75, 3.05) is 6.16 Å². The lowest BCUT2D eigenvalue weighted by Gasteiger charge is -2.26. The highest BCUT2D eigenvalue weighted by Gasteiger charge is 2.43.